The Kier molecular flexibility index (Phi) is 6.39. The van der Waals surface area contributed by atoms with Crippen LogP contribution in [-0.4, -0.2) is 28.0 Å². The van der Waals surface area contributed by atoms with E-state index in [1.165, 1.54) is 12.7 Å². The van der Waals surface area contributed by atoms with Gasteiger partial charge in [0, 0.05) is 11.9 Å². The normalized spacial score (nSPS) is 10.4. The summed E-state index contributed by atoms with van der Waals surface area (Å²) in [6.07, 6.45) is 4.53. The lowest BCUT2D eigenvalue weighted by Crippen LogP contribution is -2.18. The van der Waals surface area contributed by atoms with Gasteiger partial charge < -0.3 is 15.4 Å². The van der Waals surface area contributed by atoms with Crippen LogP contribution in [0.1, 0.15) is 28.4 Å². The van der Waals surface area contributed by atoms with Crippen LogP contribution in [0, 0.1) is 0 Å². The van der Waals surface area contributed by atoms with E-state index >= 15 is 0 Å². The molecule has 2 N–H and O–H groups in total. The van der Waals surface area contributed by atoms with Gasteiger partial charge in [0.15, 0.2) is 5.11 Å². The number of hydrogen-bond donors (Lipinski definition) is 2. The van der Waals surface area contributed by atoms with Crippen LogP contribution in [0.4, 0.5) is 11.4 Å². The van der Waals surface area contributed by atoms with E-state index < -0.39 is 0 Å². The Bertz CT molecular complexity index is 967. The average molecular weight is 395 g/mol. The highest BCUT2D eigenvalue weighted by atomic mass is 32.1. The van der Waals surface area contributed by atoms with E-state index in [0.717, 1.165) is 23.4 Å². The molecule has 0 atom stereocenters. The molecule has 0 aliphatic rings. The van der Waals surface area contributed by atoms with Crippen molar-refractivity contribution in [2.75, 3.05) is 17.7 Å². The Hall–Kier alpha value is -3.19. The SMILES string of the molecule is CCc1ccc(NC(=S)Nc2cnn(Cc3ccccc3C(=O)OC)c2)cc1. The van der Waals surface area contributed by atoms with E-state index in [0.29, 0.717) is 17.2 Å². The molecule has 0 amide bonds. The second-order valence-electron chi connectivity index (χ2n) is 6.20. The number of rotatable bonds is 6. The summed E-state index contributed by atoms with van der Waals surface area (Å²) in [4.78, 5) is 11.9. The monoisotopic (exact) mass is 394 g/mol. The summed E-state index contributed by atoms with van der Waals surface area (Å²) in [5.41, 5.74) is 4.33. The standard InChI is InChI=1S/C21H22N4O2S/c1-3-15-8-10-17(11-9-15)23-21(28)24-18-12-22-25(14-18)13-16-6-4-5-7-19(16)20(26)27-2/h4-12,14H,3,13H2,1-2H3,(H2,23,24,28). The predicted molar refractivity (Wildman–Crippen MR) is 115 cm³/mol. The molecule has 3 rings (SSSR count). The van der Waals surface area contributed by atoms with Crippen molar-refractivity contribution in [3.05, 3.63) is 77.6 Å². The molecule has 0 unspecified atom stereocenters. The van der Waals surface area contributed by atoms with Crippen LogP contribution in [-0.2, 0) is 17.7 Å². The minimum atomic E-state index is -0.361. The molecule has 0 fully saturated rings. The summed E-state index contributed by atoms with van der Waals surface area (Å²) in [7, 11) is 1.37. The zero-order valence-electron chi connectivity index (χ0n) is 15.8. The molecule has 6 nitrogen and oxygen atoms in total. The minimum Gasteiger partial charge on any atom is -0.465 e. The smallest absolute Gasteiger partial charge is 0.338 e. The lowest BCUT2D eigenvalue weighted by molar-refractivity contribution is 0.0599. The number of methoxy groups -OCH3 is 1. The molecule has 1 aromatic heterocycles. The molecule has 144 valence electrons. The van der Waals surface area contributed by atoms with Crippen LogP contribution in [0.3, 0.4) is 0 Å². The van der Waals surface area contributed by atoms with Gasteiger partial charge in [0.05, 0.1) is 31.1 Å². The number of esters is 1. The van der Waals surface area contributed by atoms with Gasteiger partial charge in [-0.3, -0.25) is 4.68 Å². The highest BCUT2D eigenvalue weighted by Crippen LogP contribution is 2.14. The van der Waals surface area contributed by atoms with Gasteiger partial charge in [-0.05, 0) is 48.0 Å². The molecule has 0 radical (unpaired) electrons. The molecule has 0 spiro atoms. The summed E-state index contributed by atoms with van der Waals surface area (Å²) in [5, 5.41) is 11.1. The summed E-state index contributed by atoms with van der Waals surface area (Å²) in [5.74, 6) is -0.361. The van der Waals surface area contributed by atoms with Crippen molar-refractivity contribution in [2.24, 2.45) is 0 Å². The van der Waals surface area contributed by atoms with Gasteiger partial charge in [-0.2, -0.15) is 5.10 Å². The van der Waals surface area contributed by atoms with Gasteiger partial charge in [0.1, 0.15) is 0 Å². The largest absolute Gasteiger partial charge is 0.465 e. The fraction of sp³-hybridized carbons (Fsp3) is 0.190. The number of hydrogen-bond acceptors (Lipinski definition) is 4. The Labute approximate surface area is 169 Å². The van der Waals surface area contributed by atoms with Crippen molar-refractivity contribution in [1.82, 2.24) is 9.78 Å². The molecule has 0 aliphatic heterocycles. The number of nitrogens with one attached hydrogen (secondary N) is 2. The van der Waals surface area contributed by atoms with E-state index in [1.54, 1.807) is 16.9 Å². The second kappa shape index (κ2) is 9.14. The number of nitrogens with zero attached hydrogens (tertiary/aromatic N) is 2. The second-order valence-corrected chi connectivity index (χ2v) is 6.61. The summed E-state index contributed by atoms with van der Waals surface area (Å²) < 4.78 is 6.58. The van der Waals surface area contributed by atoms with Crippen molar-refractivity contribution in [2.45, 2.75) is 19.9 Å². The zero-order valence-corrected chi connectivity index (χ0v) is 16.6. The van der Waals surface area contributed by atoms with Crippen molar-refractivity contribution in [3.63, 3.8) is 0 Å². The fourth-order valence-electron chi connectivity index (χ4n) is 2.77. The van der Waals surface area contributed by atoms with E-state index in [2.05, 4.69) is 34.8 Å². The molecule has 3 aromatic rings. The van der Waals surface area contributed by atoms with Gasteiger partial charge in [0.2, 0.25) is 0 Å². The summed E-state index contributed by atoms with van der Waals surface area (Å²) >= 11 is 5.37. The zero-order chi connectivity index (χ0) is 19.9. The molecular formula is C21H22N4O2S. The average Bonchev–Trinajstić information content (AvgIpc) is 3.15. The van der Waals surface area contributed by atoms with Gasteiger partial charge in [-0.25, -0.2) is 4.79 Å². The number of carbonyl (C=O) groups excluding carboxylic acids is 1. The number of aryl methyl sites for hydroxylation is 1. The lowest BCUT2D eigenvalue weighted by Gasteiger charge is -2.09. The van der Waals surface area contributed by atoms with E-state index in [1.807, 2.05) is 36.5 Å². The van der Waals surface area contributed by atoms with Crippen molar-refractivity contribution >= 4 is 34.7 Å². The molecule has 0 aliphatic carbocycles. The van der Waals surface area contributed by atoms with E-state index in [-0.39, 0.29) is 5.97 Å². The van der Waals surface area contributed by atoms with Crippen LogP contribution in [0.25, 0.3) is 0 Å². The number of thiocarbonyl (C=S) groups is 1. The van der Waals surface area contributed by atoms with E-state index in [4.69, 9.17) is 17.0 Å². The number of aromatic nitrogens is 2. The first-order valence-electron chi connectivity index (χ1n) is 8.94. The predicted octanol–water partition coefficient (Wildman–Crippen LogP) is 4.09. The third-order valence-electron chi connectivity index (χ3n) is 4.27. The quantitative estimate of drug-likeness (QED) is 0.485. The first kappa shape index (κ1) is 19.6. The summed E-state index contributed by atoms with van der Waals surface area (Å²) in [6, 6.07) is 15.5. The molecule has 28 heavy (non-hydrogen) atoms. The maximum atomic E-state index is 11.9. The van der Waals surface area contributed by atoms with E-state index in [9.17, 15) is 4.79 Å². The Morgan fingerprint density at radius 1 is 1.11 bits per heavy atom. The fourth-order valence-corrected chi connectivity index (χ4v) is 3.01. The third kappa shape index (κ3) is 4.95. The first-order chi connectivity index (χ1) is 13.6. The molecule has 7 heteroatoms. The highest BCUT2D eigenvalue weighted by molar-refractivity contribution is 7.80. The van der Waals surface area contributed by atoms with Crippen LogP contribution < -0.4 is 10.6 Å². The Balaban J connectivity index is 1.62. The molecule has 1 heterocycles. The molecule has 2 aromatic carbocycles. The number of ether oxygens (including phenoxy) is 1. The number of benzene rings is 2. The third-order valence-corrected chi connectivity index (χ3v) is 4.47. The molecule has 0 bridgehead atoms. The number of carbonyl (C=O) groups is 1. The van der Waals surface area contributed by atoms with Gasteiger partial charge >= 0.3 is 5.97 Å². The van der Waals surface area contributed by atoms with Crippen molar-refractivity contribution in [3.8, 4) is 0 Å². The van der Waals surface area contributed by atoms with Crippen LogP contribution in [0.2, 0.25) is 0 Å². The van der Waals surface area contributed by atoms with Crippen LogP contribution >= 0.6 is 12.2 Å². The number of anilines is 2. The first-order valence-corrected chi connectivity index (χ1v) is 9.35. The van der Waals surface area contributed by atoms with Crippen LogP contribution in [0.15, 0.2) is 60.9 Å². The molecule has 0 saturated carbocycles. The Morgan fingerprint density at radius 2 is 1.82 bits per heavy atom. The Morgan fingerprint density at radius 3 is 2.54 bits per heavy atom. The van der Waals surface area contributed by atoms with Gasteiger partial charge in [-0.1, -0.05) is 37.3 Å². The maximum Gasteiger partial charge on any atom is 0.338 e. The maximum absolute atomic E-state index is 11.9. The molecular weight excluding hydrogens is 372 g/mol. The molecule has 0 saturated heterocycles. The van der Waals surface area contributed by atoms with Crippen molar-refractivity contribution < 1.29 is 9.53 Å². The van der Waals surface area contributed by atoms with Crippen molar-refractivity contribution in [1.29, 1.82) is 0 Å². The topological polar surface area (TPSA) is 68.2 Å². The highest BCUT2D eigenvalue weighted by Gasteiger charge is 2.12. The van der Waals surface area contributed by atoms with Gasteiger partial charge in [-0.15, -0.1) is 0 Å². The minimum absolute atomic E-state index is 0.361. The van der Waals surface area contributed by atoms with Crippen LogP contribution in [0.5, 0.6) is 0 Å². The van der Waals surface area contributed by atoms with Gasteiger partial charge in [0.25, 0.3) is 0 Å². The summed E-state index contributed by atoms with van der Waals surface area (Å²) in [6.45, 7) is 2.57. The lowest BCUT2D eigenvalue weighted by atomic mass is 10.1.